The third-order valence-corrected chi connectivity index (χ3v) is 3.06. The fourth-order valence-corrected chi connectivity index (χ4v) is 1.83. The summed E-state index contributed by atoms with van der Waals surface area (Å²) in [7, 11) is -3.39. The number of nitrogens with zero attached hydrogens (tertiary/aromatic N) is 2. The van der Waals surface area contributed by atoms with E-state index in [1.54, 1.807) is 6.92 Å². The molecule has 0 amide bonds. The number of nitrogens with one attached hydrogen (secondary N) is 1. The summed E-state index contributed by atoms with van der Waals surface area (Å²) in [5.74, 6) is 0.569. The first kappa shape index (κ1) is 14.0. The van der Waals surface area contributed by atoms with Crippen LogP contribution in [0, 0.1) is 6.92 Å². The van der Waals surface area contributed by atoms with Crippen molar-refractivity contribution in [2.45, 2.75) is 13.5 Å². The molecule has 0 aliphatic carbocycles. The zero-order valence-corrected chi connectivity index (χ0v) is 10.4. The number of hydrogen-bond acceptors (Lipinski definition) is 7. The Labute approximate surface area is 99.6 Å². The number of rotatable bonds is 8. The van der Waals surface area contributed by atoms with Gasteiger partial charge in [-0.1, -0.05) is 5.16 Å². The predicted octanol–water partition coefficient (Wildman–Crippen LogP) is -1.23. The third kappa shape index (κ3) is 5.73. The summed E-state index contributed by atoms with van der Waals surface area (Å²) in [5.41, 5.74) is 5.20. The minimum atomic E-state index is -3.39. The summed E-state index contributed by atoms with van der Waals surface area (Å²) in [4.78, 5) is 3.87. The first-order chi connectivity index (χ1) is 8.03. The molecule has 0 unspecified atom stereocenters. The second-order valence-corrected chi connectivity index (χ2v) is 5.20. The Morgan fingerprint density at radius 3 is 2.82 bits per heavy atom. The summed E-state index contributed by atoms with van der Waals surface area (Å²) in [6, 6.07) is 0. The van der Waals surface area contributed by atoms with E-state index in [1.165, 1.54) is 0 Å². The van der Waals surface area contributed by atoms with Gasteiger partial charge in [0.05, 0.1) is 25.5 Å². The van der Waals surface area contributed by atoms with E-state index in [1.807, 2.05) is 0 Å². The number of sulfonamides is 1. The van der Waals surface area contributed by atoms with Gasteiger partial charge in [-0.3, -0.25) is 0 Å². The van der Waals surface area contributed by atoms with Crippen molar-refractivity contribution in [2.24, 2.45) is 5.73 Å². The van der Waals surface area contributed by atoms with Gasteiger partial charge in [0, 0.05) is 6.54 Å². The predicted molar refractivity (Wildman–Crippen MR) is 59.5 cm³/mol. The van der Waals surface area contributed by atoms with E-state index in [4.69, 9.17) is 15.0 Å². The fraction of sp³-hybridized carbons (Fsp3) is 0.750. The Morgan fingerprint density at radius 1 is 1.47 bits per heavy atom. The van der Waals surface area contributed by atoms with Crippen LogP contribution in [0.5, 0.6) is 0 Å². The molecule has 98 valence electrons. The maximum absolute atomic E-state index is 11.5. The van der Waals surface area contributed by atoms with Crippen molar-refractivity contribution in [3.8, 4) is 0 Å². The summed E-state index contributed by atoms with van der Waals surface area (Å²) in [5, 5.41) is 3.54. The molecule has 0 atom stereocenters. The molecule has 0 bridgehead atoms. The molecule has 0 aliphatic rings. The van der Waals surface area contributed by atoms with Crippen molar-refractivity contribution < 1.29 is 17.7 Å². The van der Waals surface area contributed by atoms with Gasteiger partial charge in [-0.25, -0.2) is 13.1 Å². The van der Waals surface area contributed by atoms with Crippen LogP contribution in [0.1, 0.15) is 11.7 Å². The quantitative estimate of drug-likeness (QED) is 0.564. The molecule has 0 spiro atoms. The average Bonchev–Trinajstić information content (AvgIpc) is 2.68. The lowest BCUT2D eigenvalue weighted by Crippen LogP contribution is -2.28. The monoisotopic (exact) mass is 264 g/mol. The molecule has 17 heavy (non-hydrogen) atoms. The number of aryl methyl sites for hydroxylation is 1. The van der Waals surface area contributed by atoms with Crippen LogP contribution < -0.4 is 10.5 Å². The second-order valence-electron chi connectivity index (χ2n) is 3.28. The van der Waals surface area contributed by atoms with Crippen LogP contribution in [-0.2, 0) is 21.3 Å². The van der Waals surface area contributed by atoms with Gasteiger partial charge in [-0.15, -0.1) is 0 Å². The molecule has 1 aromatic heterocycles. The SMILES string of the molecule is Cc1noc(CNS(=O)(=O)CCOCCN)n1. The lowest BCUT2D eigenvalue weighted by atomic mass is 10.6. The van der Waals surface area contributed by atoms with Crippen molar-refractivity contribution >= 4 is 10.0 Å². The molecule has 0 aromatic carbocycles. The molecule has 0 fully saturated rings. The van der Waals surface area contributed by atoms with Gasteiger partial charge < -0.3 is 15.0 Å². The van der Waals surface area contributed by atoms with Gasteiger partial charge in [0.15, 0.2) is 5.82 Å². The molecule has 3 N–H and O–H groups in total. The topological polar surface area (TPSA) is 120 Å². The van der Waals surface area contributed by atoms with Crippen molar-refractivity contribution in [1.29, 1.82) is 0 Å². The van der Waals surface area contributed by atoms with E-state index < -0.39 is 10.0 Å². The van der Waals surface area contributed by atoms with Gasteiger partial charge in [0.25, 0.3) is 0 Å². The number of ether oxygens (including phenoxy) is 1. The molecule has 0 aliphatic heterocycles. The van der Waals surface area contributed by atoms with Crippen LogP contribution in [-0.4, -0.2) is 44.1 Å². The first-order valence-corrected chi connectivity index (χ1v) is 6.73. The summed E-state index contributed by atoms with van der Waals surface area (Å²) in [6.45, 7) is 2.46. The van der Waals surface area contributed by atoms with Crippen LogP contribution in [0.15, 0.2) is 4.52 Å². The number of hydrogen-bond donors (Lipinski definition) is 2. The molecule has 9 heteroatoms. The van der Waals surface area contributed by atoms with E-state index in [0.29, 0.717) is 19.0 Å². The first-order valence-electron chi connectivity index (χ1n) is 5.08. The van der Waals surface area contributed by atoms with Gasteiger partial charge in [0.1, 0.15) is 0 Å². The molecule has 0 saturated heterocycles. The van der Waals surface area contributed by atoms with Crippen LogP contribution in [0.3, 0.4) is 0 Å². The summed E-state index contributed by atoms with van der Waals surface area (Å²) >= 11 is 0. The van der Waals surface area contributed by atoms with Gasteiger partial charge in [-0.05, 0) is 6.92 Å². The van der Waals surface area contributed by atoms with Crippen molar-refractivity contribution in [3.05, 3.63) is 11.7 Å². The molecule has 8 nitrogen and oxygen atoms in total. The van der Waals surface area contributed by atoms with E-state index in [2.05, 4.69) is 14.9 Å². The third-order valence-electron chi connectivity index (χ3n) is 1.77. The van der Waals surface area contributed by atoms with Crippen LogP contribution >= 0.6 is 0 Å². The summed E-state index contributed by atoms with van der Waals surface area (Å²) < 4.78 is 35.0. The smallest absolute Gasteiger partial charge is 0.241 e. The highest BCUT2D eigenvalue weighted by molar-refractivity contribution is 7.89. The molecule has 1 rings (SSSR count). The van der Waals surface area contributed by atoms with Gasteiger partial charge in [-0.2, -0.15) is 4.98 Å². The van der Waals surface area contributed by atoms with Crippen LogP contribution in [0.2, 0.25) is 0 Å². The zero-order chi connectivity index (χ0) is 12.7. The Balaban J connectivity index is 2.29. The lowest BCUT2D eigenvalue weighted by Gasteiger charge is -2.04. The largest absolute Gasteiger partial charge is 0.379 e. The van der Waals surface area contributed by atoms with Crippen molar-refractivity contribution in [2.75, 3.05) is 25.5 Å². The Hall–Kier alpha value is -1.03. The van der Waals surface area contributed by atoms with Crippen molar-refractivity contribution in [1.82, 2.24) is 14.9 Å². The Bertz CT molecular complexity index is 430. The molecule has 0 radical (unpaired) electrons. The van der Waals surface area contributed by atoms with Crippen molar-refractivity contribution in [3.63, 3.8) is 0 Å². The second kappa shape index (κ2) is 6.64. The highest BCUT2D eigenvalue weighted by Gasteiger charge is 2.12. The van der Waals surface area contributed by atoms with Crippen LogP contribution in [0.25, 0.3) is 0 Å². The van der Waals surface area contributed by atoms with E-state index in [-0.39, 0.29) is 24.8 Å². The van der Waals surface area contributed by atoms with E-state index in [9.17, 15) is 8.42 Å². The average molecular weight is 264 g/mol. The minimum absolute atomic E-state index is 0.0138. The molecular formula is C8H16N4O4S. The molecular weight excluding hydrogens is 248 g/mol. The molecule has 1 aromatic rings. The standard InChI is InChI=1S/C8H16N4O4S/c1-7-11-8(16-12-7)6-10-17(13,14)5-4-15-3-2-9/h10H,2-6,9H2,1H3. The normalized spacial score (nSPS) is 11.9. The summed E-state index contributed by atoms with van der Waals surface area (Å²) in [6.07, 6.45) is 0. The number of aromatic nitrogens is 2. The maximum Gasteiger partial charge on any atom is 0.241 e. The minimum Gasteiger partial charge on any atom is -0.379 e. The highest BCUT2D eigenvalue weighted by atomic mass is 32.2. The highest BCUT2D eigenvalue weighted by Crippen LogP contribution is 1.96. The fourth-order valence-electron chi connectivity index (χ4n) is 1.01. The Morgan fingerprint density at radius 2 is 2.24 bits per heavy atom. The lowest BCUT2D eigenvalue weighted by molar-refractivity contribution is 0.156. The van der Waals surface area contributed by atoms with E-state index >= 15 is 0 Å². The molecule has 1 heterocycles. The maximum atomic E-state index is 11.5. The molecule has 0 saturated carbocycles. The zero-order valence-electron chi connectivity index (χ0n) is 9.55. The Kier molecular flexibility index (Phi) is 5.48. The van der Waals surface area contributed by atoms with Gasteiger partial charge in [0.2, 0.25) is 15.9 Å². The number of nitrogens with two attached hydrogens (primary N) is 1. The van der Waals surface area contributed by atoms with E-state index in [0.717, 1.165) is 0 Å². The van der Waals surface area contributed by atoms with Gasteiger partial charge >= 0.3 is 0 Å². The van der Waals surface area contributed by atoms with Crippen LogP contribution in [0.4, 0.5) is 0 Å².